The van der Waals surface area contributed by atoms with Crippen molar-refractivity contribution in [2.45, 2.75) is 0 Å². The summed E-state index contributed by atoms with van der Waals surface area (Å²) in [5.41, 5.74) is 8.50. The van der Waals surface area contributed by atoms with Crippen molar-refractivity contribution in [3.8, 4) is 0 Å². The predicted octanol–water partition coefficient (Wildman–Crippen LogP) is 0.151. The molecule has 1 aromatic heterocycles. The van der Waals surface area contributed by atoms with Gasteiger partial charge in [0.05, 0.1) is 0 Å². The molecule has 0 saturated heterocycles. The van der Waals surface area contributed by atoms with Crippen LogP contribution in [-0.4, -0.2) is 11.0 Å². The van der Waals surface area contributed by atoms with Crippen LogP contribution in [0.4, 0.5) is 4.79 Å². The first-order chi connectivity index (χ1) is 4.23. The van der Waals surface area contributed by atoms with E-state index in [2.05, 4.69) is 16.5 Å². The number of nitrogens with two attached hydrogens (primary N) is 2. The van der Waals surface area contributed by atoms with E-state index in [0.29, 0.717) is 0 Å². The van der Waals surface area contributed by atoms with Crippen LogP contribution in [0.1, 0.15) is 0 Å². The Morgan fingerprint density at radius 1 is 1.20 bits per heavy atom. The van der Waals surface area contributed by atoms with Crippen molar-refractivity contribution in [1.29, 1.82) is 0 Å². The third kappa shape index (κ3) is 15.8. The molecule has 0 bridgehead atoms. The van der Waals surface area contributed by atoms with Gasteiger partial charge in [-0.15, -0.1) is 0 Å². The number of H-pyrrole nitrogens is 1. The number of aromatic amines is 1. The van der Waals surface area contributed by atoms with Crippen LogP contribution in [0.15, 0.2) is 24.5 Å². The van der Waals surface area contributed by atoms with Crippen molar-refractivity contribution >= 4 is 19.5 Å². The number of hydrogen-bond donors (Lipinski definition) is 3. The lowest BCUT2D eigenvalue weighted by Gasteiger charge is -1.62. The number of rotatable bonds is 0. The quantitative estimate of drug-likeness (QED) is 0.497. The Morgan fingerprint density at radius 3 is 1.60 bits per heavy atom. The van der Waals surface area contributed by atoms with Gasteiger partial charge in [0, 0.05) is 12.4 Å². The standard InChI is InChI=1S/C4H5N.CH4N2O.H2S/c1-2-4-5-3-1;2-1(3)4;/h1-5H;(H4,2,3,4);1H2. The molecule has 5 N–H and O–H groups in total. The van der Waals surface area contributed by atoms with Crippen molar-refractivity contribution in [2.24, 2.45) is 11.5 Å². The Hall–Kier alpha value is -1.10. The minimum Gasteiger partial charge on any atom is -0.368 e. The predicted molar refractivity (Wildman–Crippen MR) is 44.9 cm³/mol. The highest BCUT2D eigenvalue weighted by Gasteiger charge is 1.60. The molecule has 5 heteroatoms. The van der Waals surface area contributed by atoms with E-state index < -0.39 is 6.03 Å². The van der Waals surface area contributed by atoms with E-state index in [1.165, 1.54) is 0 Å². The number of aromatic nitrogens is 1. The number of carbonyl (C=O) groups is 1. The molecule has 1 rings (SSSR count). The van der Waals surface area contributed by atoms with Crippen molar-refractivity contribution in [1.82, 2.24) is 4.98 Å². The second-order valence-corrected chi connectivity index (χ2v) is 1.29. The van der Waals surface area contributed by atoms with Crippen LogP contribution in [0, 0.1) is 0 Å². The number of hydrogen-bond acceptors (Lipinski definition) is 1. The number of amides is 2. The fourth-order valence-corrected chi connectivity index (χ4v) is 0.278. The second-order valence-electron chi connectivity index (χ2n) is 1.29. The third-order valence-corrected chi connectivity index (χ3v) is 0.496. The van der Waals surface area contributed by atoms with Crippen molar-refractivity contribution < 1.29 is 4.79 Å². The summed E-state index contributed by atoms with van der Waals surface area (Å²) >= 11 is 0. The van der Waals surface area contributed by atoms with Crippen LogP contribution in [-0.2, 0) is 0 Å². The van der Waals surface area contributed by atoms with E-state index >= 15 is 0 Å². The Morgan fingerprint density at radius 2 is 1.50 bits per heavy atom. The lowest BCUT2D eigenvalue weighted by molar-refractivity contribution is 0.256. The van der Waals surface area contributed by atoms with Gasteiger partial charge in [-0.1, -0.05) is 0 Å². The Labute approximate surface area is 66.0 Å². The lowest BCUT2D eigenvalue weighted by Crippen LogP contribution is -2.18. The highest BCUT2D eigenvalue weighted by atomic mass is 32.1. The zero-order valence-electron chi connectivity index (χ0n) is 5.37. The first kappa shape index (κ1) is 11.7. The summed E-state index contributed by atoms with van der Waals surface area (Å²) in [6.07, 6.45) is 3.75. The molecule has 2 amide bonds. The van der Waals surface area contributed by atoms with Crippen LogP contribution >= 0.6 is 13.5 Å². The summed E-state index contributed by atoms with van der Waals surface area (Å²) in [7, 11) is 0. The van der Waals surface area contributed by atoms with Crippen molar-refractivity contribution in [3.63, 3.8) is 0 Å². The molecule has 0 radical (unpaired) electrons. The molecular formula is C5H11N3OS. The first-order valence-electron chi connectivity index (χ1n) is 2.36. The SMILES string of the molecule is NC(N)=O.S.c1cc[nH]c1. The molecule has 10 heavy (non-hydrogen) atoms. The maximum Gasteiger partial charge on any atom is 0.309 e. The average Bonchev–Trinajstić information content (AvgIpc) is 2.11. The van der Waals surface area contributed by atoms with Crippen LogP contribution in [0.2, 0.25) is 0 Å². The molecule has 1 aromatic rings. The first-order valence-corrected chi connectivity index (χ1v) is 2.36. The Balaban J connectivity index is 0. The molecule has 0 aliphatic carbocycles. The van der Waals surface area contributed by atoms with Gasteiger partial charge < -0.3 is 16.5 Å². The van der Waals surface area contributed by atoms with Gasteiger partial charge in [-0.05, 0) is 12.1 Å². The molecule has 58 valence electrons. The van der Waals surface area contributed by atoms with Gasteiger partial charge in [0.2, 0.25) is 0 Å². The number of primary amides is 2. The zero-order valence-corrected chi connectivity index (χ0v) is 6.37. The maximum atomic E-state index is 9.00. The largest absolute Gasteiger partial charge is 0.368 e. The van der Waals surface area contributed by atoms with Crippen molar-refractivity contribution in [2.75, 3.05) is 0 Å². The van der Waals surface area contributed by atoms with E-state index in [-0.39, 0.29) is 13.5 Å². The molecule has 0 aliphatic rings. The smallest absolute Gasteiger partial charge is 0.309 e. The van der Waals surface area contributed by atoms with Crippen LogP contribution < -0.4 is 11.5 Å². The fraction of sp³-hybridized carbons (Fsp3) is 0. The van der Waals surface area contributed by atoms with Gasteiger partial charge >= 0.3 is 6.03 Å². The third-order valence-electron chi connectivity index (χ3n) is 0.496. The summed E-state index contributed by atoms with van der Waals surface area (Å²) in [6.45, 7) is 0. The van der Waals surface area contributed by atoms with E-state index in [1.54, 1.807) is 0 Å². The molecule has 0 spiro atoms. The molecule has 0 fully saturated rings. The minimum absolute atomic E-state index is 0. The average molecular weight is 161 g/mol. The summed E-state index contributed by atoms with van der Waals surface area (Å²) in [6, 6.07) is 3.06. The summed E-state index contributed by atoms with van der Waals surface area (Å²) < 4.78 is 0. The second kappa shape index (κ2) is 7.90. The van der Waals surface area contributed by atoms with E-state index in [9.17, 15) is 0 Å². The van der Waals surface area contributed by atoms with Gasteiger partial charge in [0.15, 0.2) is 0 Å². The lowest BCUT2D eigenvalue weighted by atomic mass is 10.7. The molecule has 0 atom stereocenters. The molecule has 1 heterocycles. The molecule has 0 saturated carbocycles. The Bertz CT molecular complexity index is 131. The van der Waals surface area contributed by atoms with Crippen LogP contribution in [0.5, 0.6) is 0 Å². The zero-order chi connectivity index (χ0) is 7.11. The van der Waals surface area contributed by atoms with E-state index in [0.717, 1.165) is 0 Å². The number of nitrogens with one attached hydrogen (secondary N) is 1. The highest BCUT2D eigenvalue weighted by molar-refractivity contribution is 7.59. The van der Waals surface area contributed by atoms with E-state index in [4.69, 9.17) is 4.79 Å². The van der Waals surface area contributed by atoms with E-state index in [1.807, 2.05) is 24.5 Å². The molecule has 4 nitrogen and oxygen atoms in total. The monoisotopic (exact) mass is 161 g/mol. The highest BCUT2D eigenvalue weighted by Crippen LogP contribution is 1.72. The normalized spacial score (nSPS) is 6.40. The summed E-state index contributed by atoms with van der Waals surface area (Å²) in [5, 5.41) is 0. The molecule has 0 aliphatic heterocycles. The van der Waals surface area contributed by atoms with Gasteiger partial charge in [-0.2, -0.15) is 13.5 Å². The topological polar surface area (TPSA) is 84.9 Å². The fourth-order valence-electron chi connectivity index (χ4n) is 0.278. The minimum atomic E-state index is -0.833. The summed E-state index contributed by atoms with van der Waals surface area (Å²) in [5.74, 6) is 0. The number of carbonyl (C=O) groups excluding carboxylic acids is 1. The molecular weight excluding hydrogens is 150 g/mol. The van der Waals surface area contributed by atoms with Crippen LogP contribution in [0.25, 0.3) is 0 Å². The molecule has 0 aromatic carbocycles. The van der Waals surface area contributed by atoms with Crippen molar-refractivity contribution in [3.05, 3.63) is 24.5 Å². The van der Waals surface area contributed by atoms with Gasteiger partial charge in [0.25, 0.3) is 0 Å². The molecule has 0 unspecified atom stereocenters. The Kier molecular flexibility index (Phi) is 9.22. The summed E-state index contributed by atoms with van der Waals surface area (Å²) in [4.78, 5) is 11.9. The number of urea groups is 1. The van der Waals surface area contributed by atoms with Gasteiger partial charge in [-0.25, -0.2) is 4.79 Å². The van der Waals surface area contributed by atoms with Crippen LogP contribution in [0.3, 0.4) is 0 Å². The van der Waals surface area contributed by atoms with Gasteiger partial charge in [-0.3, -0.25) is 0 Å². The van der Waals surface area contributed by atoms with Gasteiger partial charge in [0.1, 0.15) is 0 Å². The maximum absolute atomic E-state index is 9.00.